The summed E-state index contributed by atoms with van der Waals surface area (Å²) < 4.78 is 41.1. The van der Waals surface area contributed by atoms with E-state index in [-0.39, 0.29) is 5.56 Å². The molecule has 1 aromatic heterocycles. The third kappa shape index (κ3) is 7.40. The SMILES string of the molecule is Cc1ccc(NC(O)c2cccc(C(F)(F)F)c2)c(C)c1Nc1ccnc(Nc2ccc3c(c2)CNCC3)ncn(C)n1. The molecule has 12 heteroatoms. The normalized spacial score (nSPS) is 13.5. The molecule has 0 saturated carbocycles. The van der Waals surface area contributed by atoms with Gasteiger partial charge in [-0.05, 0) is 79.4 Å². The van der Waals surface area contributed by atoms with Crippen molar-refractivity contribution in [3.05, 3.63) is 107 Å². The largest absolute Gasteiger partial charge is 0.416 e. The zero-order valence-corrected chi connectivity index (χ0v) is 24.0. The monoisotopic (exact) mass is 590 g/mol. The van der Waals surface area contributed by atoms with E-state index in [1.807, 2.05) is 26.0 Å². The van der Waals surface area contributed by atoms with E-state index < -0.39 is 18.0 Å². The van der Waals surface area contributed by atoms with Crippen LogP contribution >= 0.6 is 0 Å². The second-order valence-corrected chi connectivity index (χ2v) is 10.3. The molecule has 9 nitrogen and oxygen atoms in total. The van der Waals surface area contributed by atoms with Gasteiger partial charge in [0.1, 0.15) is 6.33 Å². The molecule has 224 valence electrons. The van der Waals surface area contributed by atoms with Gasteiger partial charge in [0.15, 0.2) is 12.0 Å². The smallest absolute Gasteiger partial charge is 0.369 e. The number of anilines is 5. The van der Waals surface area contributed by atoms with Crippen LogP contribution in [-0.4, -0.2) is 31.4 Å². The van der Waals surface area contributed by atoms with Crippen molar-refractivity contribution in [3.63, 3.8) is 0 Å². The first-order valence-electron chi connectivity index (χ1n) is 13.8. The topological polar surface area (TPSA) is 112 Å². The van der Waals surface area contributed by atoms with Gasteiger partial charge in [0.2, 0.25) is 5.95 Å². The highest BCUT2D eigenvalue weighted by molar-refractivity contribution is 5.72. The molecule has 1 aliphatic rings. The average Bonchev–Trinajstić information content (AvgIpc) is 3.06. The van der Waals surface area contributed by atoms with Crippen LogP contribution in [0.25, 0.3) is 0 Å². The second kappa shape index (κ2) is 12.7. The van der Waals surface area contributed by atoms with E-state index in [4.69, 9.17) is 0 Å². The lowest BCUT2D eigenvalue weighted by molar-refractivity contribution is -0.137. The minimum atomic E-state index is -4.51. The van der Waals surface area contributed by atoms with Crippen LogP contribution in [0.1, 0.15) is 39.6 Å². The average molecular weight is 591 g/mol. The molecule has 43 heavy (non-hydrogen) atoms. The van der Waals surface area contributed by atoms with Gasteiger partial charge in [-0.25, -0.2) is 9.97 Å². The highest BCUT2D eigenvalue weighted by Gasteiger charge is 2.31. The lowest BCUT2D eigenvalue weighted by atomic mass is 10.0. The quantitative estimate of drug-likeness (QED) is 0.162. The van der Waals surface area contributed by atoms with Crippen molar-refractivity contribution in [1.29, 1.82) is 0 Å². The van der Waals surface area contributed by atoms with Gasteiger partial charge in [0.25, 0.3) is 0 Å². The predicted molar refractivity (Wildman–Crippen MR) is 161 cm³/mol. The molecule has 3 aromatic carbocycles. The van der Waals surface area contributed by atoms with Crippen molar-refractivity contribution in [2.45, 2.75) is 39.2 Å². The van der Waals surface area contributed by atoms with Gasteiger partial charge < -0.3 is 26.4 Å². The lowest BCUT2D eigenvalue weighted by Gasteiger charge is -2.20. The van der Waals surface area contributed by atoms with Crippen molar-refractivity contribution in [2.24, 2.45) is 7.05 Å². The van der Waals surface area contributed by atoms with Crippen LogP contribution in [0.5, 0.6) is 0 Å². The summed E-state index contributed by atoms with van der Waals surface area (Å²) in [6.07, 6.45) is -1.72. The van der Waals surface area contributed by atoms with Gasteiger partial charge in [-0.15, -0.1) is 0 Å². The van der Waals surface area contributed by atoms with E-state index in [9.17, 15) is 18.3 Å². The maximum atomic E-state index is 13.2. The fourth-order valence-electron chi connectivity index (χ4n) is 4.84. The van der Waals surface area contributed by atoms with Crippen LogP contribution in [0.2, 0.25) is 0 Å². The lowest BCUT2D eigenvalue weighted by Crippen LogP contribution is -2.23. The number of hydrogen-bond acceptors (Lipinski definition) is 8. The molecule has 0 aliphatic carbocycles. The summed E-state index contributed by atoms with van der Waals surface area (Å²) in [5, 5.41) is 28.2. The van der Waals surface area contributed by atoms with E-state index in [0.717, 1.165) is 54.1 Å². The molecule has 0 amide bonds. The van der Waals surface area contributed by atoms with Crippen molar-refractivity contribution < 1.29 is 18.3 Å². The van der Waals surface area contributed by atoms with E-state index in [0.29, 0.717) is 17.5 Å². The molecular formula is C31H33F3N8O. The summed E-state index contributed by atoms with van der Waals surface area (Å²) in [4.78, 5) is 8.91. The van der Waals surface area contributed by atoms with Crippen molar-refractivity contribution >= 4 is 28.8 Å². The number of nitrogens with zero attached hydrogens (tertiary/aromatic N) is 4. The van der Waals surface area contributed by atoms with Crippen LogP contribution in [0.4, 0.5) is 42.0 Å². The molecule has 0 spiro atoms. The molecule has 0 saturated heterocycles. The minimum absolute atomic E-state index is 0.100. The fraction of sp³-hybridized carbons (Fsp3) is 0.258. The number of alkyl halides is 3. The Morgan fingerprint density at radius 2 is 1.81 bits per heavy atom. The number of halogens is 3. The summed E-state index contributed by atoms with van der Waals surface area (Å²) in [5.74, 6) is 0.867. The number of hydrogen-bond donors (Lipinski definition) is 5. The number of nitrogens with one attached hydrogen (secondary N) is 4. The molecule has 0 bridgehead atoms. The van der Waals surface area contributed by atoms with Crippen LogP contribution in [0.15, 0.2) is 73.2 Å². The summed E-state index contributed by atoms with van der Waals surface area (Å²) in [6, 6.07) is 16.2. The first-order valence-corrected chi connectivity index (χ1v) is 13.8. The van der Waals surface area contributed by atoms with Gasteiger partial charge in [-0.1, -0.05) is 24.3 Å². The molecular weight excluding hydrogens is 557 g/mol. The number of fused-ring (bicyclic) bond motifs is 1. The molecule has 2 heterocycles. The van der Waals surface area contributed by atoms with Crippen molar-refractivity contribution in [1.82, 2.24) is 25.1 Å². The van der Waals surface area contributed by atoms with Gasteiger partial charge in [0.05, 0.1) is 5.56 Å². The van der Waals surface area contributed by atoms with Gasteiger partial charge >= 0.3 is 6.18 Å². The first kappa shape index (κ1) is 29.8. The number of rotatable bonds is 7. The summed E-state index contributed by atoms with van der Waals surface area (Å²) in [7, 11) is 1.75. The van der Waals surface area contributed by atoms with E-state index >= 15 is 0 Å². The Labute approximate surface area is 247 Å². The molecule has 1 aliphatic heterocycles. The predicted octanol–water partition coefficient (Wildman–Crippen LogP) is 6.21. The summed E-state index contributed by atoms with van der Waals surface area (Å²) >= 11 is 0. The zero-order valence-electron chi connectivity index (χ0n) is 24.0. The Morgan fingerprint density at radius 1 is 0.977 bits per heavy atom. The molecule has 1 atom stereocenters. The Hall–Kier alpha value is -4.68. The molecule has 0 radical (unpaired) electrons. The van der Waals surface area contributed by atoms with Crippen LogP contribution < -0.4 is 21.3 Å². The Morgan fingerprint density at radius 3 is 2.63 bits per heavy atom. The Kier molecular flexibility index (Phi) is 8.78. The number of aromatic nitrogens is 4. The van der Waals surface area contributed by atoms with E-state index in [2.05, 4.69) is 48.5 Å². The van der Waals surface area contributed by atoms with Crippen molar-refractivity contribution in [2.75, 3.05) is 22.5 Å². The highest BCUT2D eigenvalue weighted by atomic mass is 19.4. The van der Waals surface area contributed by atoms with Gasteiger partial charge in [-0.2, -0.15) is 18.3 Å². The first-order chi connectivity index (χ1) is 20.6. The molecule has 1 unspecified atom stereocenters. The van der Waals surface area contributed by atoms with E-state index in [1.54, 1.807) is 36.4 Å². The fourth-order valence-corrected chi connectivity index (χ4v) is 4.84. The highest BCUT2D eigenvalue weighted by Crippen LogP contribution is 2.33. The summed E-state index contributed by atoms with van der Waals surface area (Å²) in [6.45, 7) is 5.56. The van der Waals surface area contributed by atoms with Crippen molar-refractivity contribution in [3.8, 4) is 0 Å². The summed E-state index contributed by atoms with van der Waals surface area (Å²) in [5.41, 5.74) is 5.65. The zero-order chi connectivity index (χ0) is 30.6. The van der Waals surface area contributed by atoms with Crippen LogP contribution in [0, 0.1) is 13.8 Å². The number of benzene rings is 3. The van der Waals surface area contributed by atoms with Gasteiger partial charge in [-0.3, -0.25) is 4.68 Å². The molecule has 0 fully saturated rings. The maximum Gasteiger partial charge on any atom is 0.416 e. The third-order valence-electron chi connectivity index (χ3n) is 7.14. The molecule has 5 N–H and O–H groups in total. The molecule has 5 rings (SSSR count). The number of aryl methyl sites for hydroxylation is 2. The van der Waals surface area contributed by atoms with Gasteiger partial charge in [0, 0.05) is 48.5 Å². The van der Waals surface area contributed by atoms with Crippen LogP contribution in [0.3, 0.4) is 0 Å². The number of aliphatic hydroxyl groups is 1. The minimum Gasteiger partial charge on any atom is -0.369 e. The molecule has 4 aromatic rings. The van der Waals surface area contributed by atoms with Crippen LogP contribution in [-0.2, 0) is 26.2 Å². The van der Waals surface area contributed by atoms with E-state index in [1.165, 1.54) is 23.3 Å². The number of aliphatic hydroxyl groups excluding tert-OH is 1. The standard InChI is InChI=1S/C31H33F3N8O/c1-19-7-10-26(39-29(43)22-5-4-6-24(15-22)31(32,33)34)20(2)28(19)40-27-12-14-36-30(37-18-42(3)41-27)38-25-9-8-21-11-13-35-17-23(21)16-25/h4-10,12,14-16,18,29,35,39,43H,11,13,17H2,1-3H3,(H,36,38)(H,40,41). The second-order valence-electron chi connectivity index (χ2n) is 10.3. The third-order valence-corrected chi connectivity index (χ3v) is 7.14. The Bertz CT molecular complexity index is 1670. The maximum absolute atomic E-state index is 13.2. The Balaban J connectivity index is 1.36.